The lowest BCUT2D eigenvalue weighted by atomic mass is 9.86. The number of aliphatic hydroxyl groups is 2. The molecule has 0 heterocycles. The summed E-state index contributed by atoms with van der Waals surface area (Å²) < 4.78 is 0. The zero-order chi connectivity index (χ0) is 9.22. The molecule has 6 atom stereocenters. The maximum Gasteiger partial charge on any atom is 0.0681 e. The standard InChI is InChI=1S/C11H16O2/c1-11(13)5-7-3-2-6-4-8(12)10(11)9(6)7/h2-3,6-10,12-13H,4-5H2,1H3/t6-,7+,8-,9+,10-,11+/m1/s1. The molecule has 2 nitrogen and oxygen atoms in total. The lowest BCUT2D eigenvalue weighted by Gasteiger charge is -2.27. The van der Waals surface area contributed by atoms with Crippen LogP contribution in [0.2, 0.25) is 0 Å². The molecule has 3 rings (SSSR count). The smallest absolute Gasteiger partial charge is 0.0681 e. The Bertz CT molecular complexity index is 269. The third-order valence-electron chi connectivity index (χ3n) is 4.30. The van der Waals surface area contributed by atoms with Crippen molar-refractivity contribution in [2.45, 2.75) is 31.5 Å². The summed E-state index contributed by atoms with van der Waals surface area (Å²) in [5.41, 5.74) is -0.631. The van der Waals surface area contributed by atoms with E-state index in [9.17, 15) is 10.2 Å². The van der Waals surface area contributed by atoms with Crippen molar-refractivity contribution in [2.75, 3.05) is 0 Å². The first-order valence-corrected chi connectivity index (χ1v) is 5.18. The molecule has 0 saturated heterocycles. The van der Waals surface area contributed by atoms with Crippen LogP contribution in [-0.4, -0.2) is 21.9 Å². The van der Waals surface area contributed by atoms with Gasteiger partial charge >= 0.3 is 0 Å². The Hall–Kier alpha value is -0.340. The van der Waals surface area contributed by atoms with Crippen LogP contribution in [0.3, 0.4) is 0 Å². The highest BCUT2D eigenvalue weighted by molar-refractivity contribution is 5.21. The molecule has 0 aromatic rings. The van der Waals surface area contributed by atoms with Crippen molar-refractivity contribution < 1.29 is 10.2 Å². The second-order valence-electron chi connectivity index (χ2n) is 5.18. The van der Waals surface area contributed by atoms with Crippen molar-refractivity contribution in [1.29, 1.82) is 0 Å². The molecular weight excluding hydrogens is 164 g/mol. The molecule has 0 aromatic carbocycles. The van der Waals surface area contributed by atoms with E-state index in [1.165, 1.54) is 0 Å². The lowest BCUT2D eigenvalue weighted by molar-refractivity contribution is -0.0338. The predicted octanol–water partition coefficient (Wildman–Crippen LogP) is 0.940. The van der Waals surface area contributed by atoms with Crippen molar-refractivity contribution in [2.24, 2.45) is 23.7 Å². The van der Waals surface area contributed by atoms with Gasteiger partial charge in [-0.1, -0.05) is 12.2 Å². The van der Waals surface area contributed by atoms with Gasteiger partial charge in [0.2, 0.25) is 0 Å². The second kappa shape index (κ2) is 2.18. The molecule has 0 amide bonds. The molecule has 0 aromatic heterocycles. The monoisotopic (exact) mass is 180 g/mol. The van der Waals surface area contributed by atoms with Gasteiger partial charge in [-0.05, 0) is 37.5 Å². The van der Waals surface area contributed by atoms with Gasteiger partial charge in [-0.3, -0.25) is 0 Å². The SMILES string of the molecule is C[C@]1(O)C[C@@H]2C=C[C@@H]3C[C@@H](O)[C@@H]1[C@@H]32. The van der Waals surface area contributed by atoms with E-state index in [0.717, 1.165) is 12.8 Å². The third kappa shape index (κ3) is 0.856. The molecule has 2 N–H and O–H groups in total. The van der Waals surface area contributed by atoms with E-state index in [1.54, 1.807) is 0 Å². The average molecular weight is 180 g/mol. The minimum Gasteiger partial charge on any atom is -0.393 e. The Morgan fingerprint density at radius 2 is 2.00 bits per heavy atom. The predicted molar refractivity (Wildman–Crippen MR) is 49.0 cm³/mol. The molecule has 0 spiro atoms. The van der Waals surface area contributed by atoms with E-state index in [2.05, 4.69) is 12.2 Å². The van der Waals surface area contributed by atoms with E-state index in [0.29, 0.717) is 17.8 Å². The molecule has 2 saturated carbocycles. The Labute approximate surface area is 78.3 Å². The summed E-state index contributed by atoms with van der Waals surface area (Å²) >= 11 is 0. The van der Waals surface area contributed by atoms with Crippen LogP contribution < -0.4 is 0 Å². The van der Waals surface area contributed by atoms with Gasteiger partial charge in [-0.25, -0.2) is 0 Å². The van der Waals surface area contributed by atoms with Crippen LogP contribution >= 0.6 is 0 Å². The largest absolute Gasteiger partial charge is 0.393 e. The minimum absolute atomic E-state index is 0.123. The molecule has 2 fully saturated rings. The molecule has 0 unspecified atom stereocenters. The number of allylic oxidation sites excluding steroid dienone is 2. The van der Waals surface area contributed by atoms with Gasteiger partial charge in [0.1, 0.15) is 0 Å². The van der Waals surface area contributed by atoms with E-state index >= 15 is 0 Å². The number of hydrogen-bond acceptors (Lipinski definition) is 2. The maximum absolute atomic E-state index is 10.2. The number of rotatable bonds is 0. The third-order valence-corrected chi connectivity index (χ3v) is 4.30. The Balaban J connectivity index is 2.03. The summed E-state index contributed by atoms with van der Waals surface area (Å²) in [4.78, 5) is 0. The Kier molecular flexibility index (Phi) is 1.34. The normalized spacial score (nSPS) is 63.2. The van der Waals surface area contributed by atoms with Gasteiger partial charge in [0, 0.05) is 5.92 Å². The van der Waals surface area contributed by atoms with Crippen molar-refractivity contribution in [3.8, 4) is 0 Å². The van der Waals surface area contributed by atoms with Gasteiger partial charge < -0.3 is 10.2 Å². The molecule has 3 aliphatic rings. The van der Waals surface area contributed by atoms with Crippen LogP contribution in [0.4, 0.5) is 0 Å². The van der Waals surface area contributed by atoms with Crippen molar-refractivity contribution >= 4 is 0 Å². The van der Waals surface area contributed by atoms with Gasteiger partial charge in [-0.15, -0.1) is 0 Å². The van der Waals surface area contributed by atoms with Gasteiger partial charge in [0.25, 0.3) is 0 Å². The van der Waals surface area contributed by atoms with Crippen LogP contribution in [0.15, 0.2) is 12.2 Å². The van der Waals surface area contributed by atoms with E-state index < -0.39 is 5.60 Å². The average Bonchev–Trinajstić information content (AvgIpc) is 2.55. The lowest BCUT2D eigenvalue weighted by Crippen LogP contribution is -2.36. The topological polar surface area (TPSA) is 40.5 Å². The molecule has 3 aliphatic carbocycles. The molecule has 13 heavy (non-hydrogen) atoms. The highest BCUT2D eigenvalue weighted by Crippen LogP contribution is 2.58. The van der Waals surface area contributed by atoms with Gasteiger partial charge in [0.05, 0.1) is 11.7 Å². The summed E-state index contributed by atoms with van der Waals surface area (Å²) in [7, 11) is 0. The molecule has 2 heteroatoms. The van der Waals surface area contributed by atoms with Crippen LogP contribution in [0.5, 0.6) is 0 Å². The highest BCUT2D eigenvalue weighted by Gasteiger charge is 2.59. The molecule has 0 bridgehead atoms. The first-order valence-electron chi connectivity index (χ1n) is 5.18. The summed E-state index contributed by atoms with van der Waals surface area (Å²) in [5.74, 6) is 1.73. The fourth-order valence-electron chi connectivity index (χ4n) is 3.96. The van der Waals surface area contributed by atoms with Crippen molar-refractivity contribution in [3.05, 3.63) is 12.2 Å². The van der Waals surface area contributed by atoms with E-state index in [1.807, 2.05) is 6.92 Å². The molecular formula is C11H16O2. The second-order valence-corrected chi connectivity index (χ2v) is 5.18. The summed E-state index contributed by atoms with van der Waals surface area (Å²) in [5, 5.41) is 20.0. The molecule has 72 valence electrons. The zero-order valence-corrected chi connectivity index (χ0v) is 7.85. The summed E-state index contributed by atoms with van der Waals surface area (Å²) in [6, 6.07) is 0. The van der Waals surface area contributed by atoms with Crippen LogP contribution in [-0.2, 0) is 0 Å². The Morgan fingerprint density at radius 3 is 2.77 bits per heavy atom. The van der Waals surface area contributed by atoms with Crippen molar-refractivity contribution in [1.82, 2.24) is 0 Å². The van der Waals surface area contributed by atoms with E-state index in [-0.39, 0.29) is 12.0 Å². The maximum atomic E-state index is 10.2. The quantitative estimate of drug-likeness (QED) is 0.545. The summed E-state index contributed by atoms with van der Waals surface area (Å²) in [6.07, 6.45) is 5.91. The number of hydrogen-bond donors (Lipinski definition) is 2. The first kappa shape index (κ1) is 8.01. The van der Waals surface area contributed by atoms with Crippen LogP contribution in [0.1, 0.15) is 19.8 Å². The summed E-state index contributed by atoms with van der Waals surface area (Å²) in [6.45, 7) is 1.88. The van der Waals surface area contributed by atoms with Crippen LogP contribution in [0.25, 0.3) is 0 Å². The number of aliphatic hydroxyl groups excluding tert-OH is 1. The fourth-order valence-corrected chi connectivity index (χ4v) is 3.96. The zero-order valence-electron chi connectivity index (χ0n) is 7.85. The first-order chi connectivity index (χ1) is 6.09. The molecule has 0 aliphatic heterocycles. The van der Waals surface area contributed by atoms with Crippen molar-refractivity contribution in [3.63, 3.8) is 0 Å². The van der Waals surface area contributed by atoms with Crippen LogP contribution in [0, 0.1) is 23.7 Å². The van der Waals surface area contributed by atoms with Gasteiger partial charge in [-0.2, -0.15) is 0 Å². The molecule has 0 radical (unpaired) electrons. The van der Waals surface area contributed by atoms with Gasteiger partial charge in [0.15, 0.2) is 0 Å². The minimum atomic E-state index is -0.631. The highest BCUT2D eigenvalue weighted by atomic mass is 16.3. The Morgan fingerprint density at radius 1 is 1.31 bits per heavy atom. The fraction of sp³-hybridized carbons (Fsp3) is 0.818. The van der Waals surface area contributed by atoms with E-state index in [4.69, 9.17) is 0 Å².